The van der Waals surface area contributed by atoms with E-state index in [-0.39, 0.29) is 18.5 Å². The highest BCUT2D eigenvalue weighted by Gasteiger charge is 2.28. The van der Waals surface area contributed by atoms with E-state index in [1.807, 2.05) is 25.2 Å². The van der Waals surface area contributed by atoms with E-state index in [0.717, 1.165) is 16.4 Å². The number of ether oxygens (including phenoxy) is 2. The van der Waals surface area contributed by atoms with E-state index in [2.05, 4.69) is 0 Å². The van der Waals surface area contributed by atoms with Crippen LogP contribution in [0.1, 0.15) is 13.8 Å². The SMILES string of the molecule is CCOC(=O)C1=c2cc(F)ccc2=C2C(C)=CC=CC2O1. The maximum Gasteiger partial charge on any atom is 0.374 e. The molecule has 3 rings (SSSR count). The molecule has 4 heteroatoms. The second-order valence-corrected chi connectivity index (χ2v) is 4.93. The highest BCUT2D eigenvalue weighted by molar-refractivity contribution is 6.07. The van der Waals surface area contributed by atoms with E-state index >= 15 is 0 Å². The smallest absolute Gasteiger partial charge is 0.374 e. The van der Waals surface area contributed by atoms with Gasteiger partial charge < -0.3 is 9.47 Å². The zero-order valence-corrected chi connectivity index (χ0v) is 11.9. The molecule has 1 aromatic carbocycles. The first-order valence-electron chi connectivity index (χ1n) is 6.85. The highest BCUT2D eigenvalue weighted by atomic mass is 19.1. The van der Waals surface area contributed by atoms with Crippen molar-refractivity contribution in [2.45, 2.75) is 20.0 Å². The molecular weight excluding hydrogens is 271 g/mol. The molecule has 21 heavy (non-hydrogen) atoms. The lowest BCUT2D eigenvalue weighted by molar-refractivity contribution is -0.138. The monoisotopic (exact) mass is 286 g/mol. The van der Waals surface area contributed by atoms with Crippen LogP contribution in [0, 0.1) is 5.82 Å². The van der Waals surface area contributed by atoms with E-state index in [4.69, 9.17) is 9.47 Å². The maximum absolute atomic E-state index is 13.6. The van der Waals surface area contributed by atoms with E-state index < -0.39 is 11.8 Å². The van der Waals surface area contributed by atoms with E-state index in [1.165, 1.54) is 12.1 Å². The van der Waals surface area contributed by atoms with Gasteiger partial charge in [-0.2, -0.15) is 0 Å². The van der Waals surface area contributed by atoms with Crippen LogP contribution in [0.25, 0.3) is 11.3 Å². The lowest BCUT2D eigenvalue weighted by atomic mass is 9.92. The van der Waals surface area contributed by atoms with Crippen LogP contribution in [-0.2, 0) is 14.3 Å². The normalized spacial score (nSPS) is 19.4. The molecule has 1 unspecified atom stereocenters. The molecule has 0 saturated heterocycles. The van der Waals surface area contributed by atoms with E-state index in [9.17, 15) is 9.18 Å². The topological polar surface area (TPSA) is 35.5 Å². The minimum Gasteiger partial charge on any atom is -0.474 e. The first-order chi connectivity index (χ1) is 10.1. The van der Waals surface area contributed by atoms with Crippen molar-refractivity contribution in [1.29, 1.82) is 0 Å². The summed E-state index contributed by atoms with van der Waals surface area (Å²) >= 11 is 0. The van der Waals surface area contributed by atoms with Gasteiger partial charge in [0, 0.05) is 10.8 Å². The van der Waals surface area contributed by atoms with E-state index in [0.29, 0.717) is 5.22 Å². The average Bonchev–Trinajstić information content (AvgIpc) is 2.46. The van der Waals surface area contributed by atoms with E-state index in [1.54, 1.807) is 13.0 Å². The van der Waals surface area contributed by atoms with Crippen molar-refractivity contribution < 1.29 is 18.7 Å². The number of allylic oxidation sites excluding steroid dienone is 2. The summed E-state index contributed by atoms with van der Waals surface area (Å²) in [6.07, 6.45) is 5.39. The van der Waals surface area contributed by atoms with Gasteiger partial charge in [-0.1, -0.05) is 18.2 Å². The number of benzene rings is 1. The number of rotatable bonds is 2. The van der Waals surface area contributed by atoms with Gasteiger partial charge in [-0.25, -0.2) is 9.18 Å². The Bertz CT molecular complexity index is 787. The molecular formula is C17H15FO3. The number of hydrogen-bond acceptors (Lipinski definition) is 3. The average molecular weight is 286 g/mol. The van der Waals surface area contributed by atoms with Gasteiger partial charge in [0.05, 0.1) is 6.61 Å². The second kappa shape index (κ2) is 5.20. The van der Waals surface area contributed by atoms with Crippen LogP contribution in [0.4, 0.5) is 4.39 Å². The number of hydrogen-bond donors (Lipinski definition) is 0. The minimum absolute atomic E-state index is 0.0689. The summed E-state index contributed by atoms with van der Waals surface area (Å²) in [5.74, 6) is -0.908. The Morgan fingerprint density at radius 1 is 1.38 bits per heavy atom. The van der Waals surface area contributed by atoms with Crippen molar-refractivity contribution in [2.24, 2.45) is 0 Å². The lowest BCUT2D eigenvalue weighted by Gasteiger charge is -2.26. The predicted octanol–water partition coefficient (Wildman–Crippen LogP) is 1.56. The van der Waals surface area contributed by atoms with Crippen LogP contribution in [0.15, 0.2) is 42.0 Å². The van der Waals surface area contributed by atoms with Crippen molar-refractivity contribution in [3.8, 4) is 0 Å². The Morgan fingerprint density at radius 2 is 2.19 bits per heavy atom. The number of carbonyl (C=O) groups is 1. The molecule has 0 N–H and O–H groups in total. The molecule has 0 fully saturated rings. The fraction of sp³-hybridized carbons (Fsp3) is 0.235. The van der Waals surface area contributed by atoms with Gasteiger partial charge in [0.1, 0.15) is 11.9 Å². The Balaban J connectivity index is 2.35. The zero-order chi connectivity index (χ0) is 15.0. The summed E-state index contributed by atoms with van der Waals surface area (Å²) in [6, 6.07) is 4.39. The molecule has 0 radical (unpaired) electrons. The highest BCUT2D eigenvalue weighted by Crippen LogP contribution is 2.26. The Labute approximate surface area is 121 Å². The van der Waals surface area contributed by atoms with Crippen molar-refractivity contribution in [3.63, 3.8) is 0 Å². The Morgan fingerprint density at radius 3 is 2.95 bits per heavy atom. The molecule has 1 atom stereocenters. The van der Waals surface area contributed by atoms with Crippen LogP contribution in [-0.4, -0.2) is 18.7 Å². The molecule has 1 aromatic rings. The first kappa shape index (κ1) is 13.6. The van der Waals surface area contributed by atoms with Crippen LogP contribution < -0.4 is 10.4 Å². The Hall–Kier alpha value is -2.36. The van der Waals surface area contributed by atoms with Gasteiger partial charge in [-0.05, 0) is 42.8 Å². The maximum atomic E-state index is 13.6. The first-order valence-corrected chi connectivity index (χ1v) is 6.85. The fourth-order valence-corrected chi connectivity index (χ4v) is 2.66. The van der Waals surface area contributed by atoms with Crippen LogP contribution in [0.2, 0.25) is 0 Å². The predicted molar refractivity (Wildman–Crippen MR) is 76.9 cm³/mol. The van der Waals surface area contributed by atoms with Gasteiger partial charge in [-0.15, -0.1) is 0 Å². The third-order valence-electron chi connectivity index (χ3n) is 3.56. The third kappa shape index (κ3) is 2.27. The number of fused-ring (bicyclic) bond motifs is 2. The summed E-state index contributed by atoms with van der Waals surface area (Å²) in [5, 5.41) is 1.26. The van der Waals surface area contributed by atoms with Crippen molar-refractivity contribution in [2.75, 3.05) is 6.61 Å². The molecule has 1 aliphatic heterocycles. The minimum atomic E-state index is -0.566. The Kier molecular flexibility index (Phi) is 3.37. The molecule has 2 aliphatic rings. The molecule has 0 spiro atoms. The zero-order valence-electron chi connectivity index (χ0n) is 11.9. The molecule has 0 aromatic heterocycles. The molecule has 0 bridgehead atoms. The molecule has 0 amide bonds. The summed E-state index contributed by atoms with van der Waals surface area (Å²) in [4.78, 5) is 12.1. The standard InChI is InChI=1S/C17H15FO3/c1-3-20-17(19)16-13-9-11(18)7-8-12(13)15-10(2)5-4-6-14(15)21-16/h4-9,14H,3H2,1-2H3. The van der Waals surface area contributed by atoms with Gasteiger partial charge in [0.2, 0.25) is 5.76 Å². The number of esters is 1. The van der Waals surface area contributed by atoms with Gasteiger partial charge in [0.25, 0.3) is 0 Å². The van der Waals surface area contributed by atoms with Crippen molar-refractivity contribution >= 4 is 17.3 Å². The molecule has 3 nitrogen and oxygen atoms in total. The third-order valence-corrected chi connectivity index (χ3v) is 3.56. The quantitative estimate of drug-likeness (QED) is 0.774. The largest absolute Gasteiger partial charge is 0.474 e. The number of carbonyl (C=O) groups excluding carboxylic acids is 1. The number of halogens is 1. The lowest BCUT2D eigenvalue weighted by Crippen LogP contribution is -2.41. The van der Waals surface area contributed by atoms with Gasteiger partial charge in [0.15, 0.2) is 0 Å². The van der Waals surface area contributed by atoms with Crippen LogP contribution in [0.3, 0.4) is 0 Å². The molecule has 0 saturated carbocycles. The van der Waals surface area contributed by atoms with Crippen LogP contribution in [0.5, 0.6) is 0 Å². The molecule has 1 heterocycles. The van der Waals surface area contributed by atoms with Gasteiger partial charge >= 0.3 is 5.97 Å². The summed E-state index contributed by atoms with van der Waals surface area (Å²) in [5.41, 5.74) is 2.00. The fourth-order valence-electron chi connectivity index (χ4n) is 2.66. The summed E-state index contributed by atoms with van der Waals surface area (Å²) in [6.45, 7) is 3.93. The summed E-state index contributed by atoms with van der Waals surface area (Å²) in [7, 11) is 0. The second-order valence-electron chi connectivity index (χ2n) is 4.93. The van der Waals surface area contributed by atoms with Crippen LogP contribution >= 0.6 is 0 Å². The van der Waals surface area contributed by atoms with Crippen molar-refractivity contribution in [3.05, 3.63) is 58.3 Å². The molecule has 1 aliphatic carbocycles. The molecule has 108 valence electrons. The van der Waals surface area contributed by atoms with Crippen molar-refractivity contribution in [1.82, 2.24) is 0 Å². The summed E-state index contributed by atoms with van der Waals surface area (Å²) < 4.78 is 24.4. The van der Waals surface area contributed by atoms with Gasteiger partial charge in [-0.3, -0.25) is 0 Å².